The van der Waals surface area contributed by atoms with Gasteiger partial charge < -0.3 is 15.4 Å². The monoisotopic (exact) mass is 267 g/mol. The van der Waals surface area contributed by atoms with Gasteiger partial charge in [0.1, 0.15) is 17.5 Å². The van der Waals surface area contributed by atoms with Crippen molar-refractivity contribution in [3.63, 3.8) is 0 Å². The number of nitrogens with one attached hydrogen (secondary N) is 1. The van der Waals surface area contributed by atoms with Gasteiger partial charge in [0.2, 0.25) is 0 Å². The molecule has 6 heteroatoms. The largest absolute Gasteiger partial charge is 0.393 e. The number of hydrogen-bond acceptors (Lipinski definition) is 6. The Balaban J connectivity index is 2.99. The van der Waals surface area contributed by atoms with E-state index >= 15 is 0 Å². The van der Waals surface area contributed by atoms with Crippen molar-refractivity contribution in [1.82, 2.24) is 9.97 Å². The molecule has 0 bridgehead atoms. The van der Waals surface area contributed by atoms with Crippen molar-refractivity contribution in [2.75, 3.05) is 23.9 Å². The summed E-state index contributed by atoms with van der Waals surface area (Å²) in [4.78, 5) is 10.9. The van der Waals surface area contributed by atoms with Crippen LogP contribution in [0.1, 0.15) is 39.9 Å². The van der Waals surface area contributed by atoms with Crippen LogP contribution in [-0.4, -0.2) is 34.8 Å². The molecule has 0 fully saturated rings. The van der Waals surface area contributed by atoms with Gasteiger partial charge in [-0.15, -0.1) is 0 Å². The molecule has 1 aromatic heterocycles. The molecule has 0 aliphatic heterocycles. The summed E-state index contributed by atoms with van der Waals surface area (Å²) in [6.07, 6.45) is 0.370. The van der Waals surface area contributed by atoms with Crippen molar-refractivity contribution in [3.8, 4) is 0 Å². The molecule has 0 aromatic carbocycles. The molecule has 0 saturated heterocycles. The van der Waals surface area contributed by atoms with Crippen LogP contribution in [0.5, 0.6) is 0 Å². The lowest BCUT2D eigenvalue weighted by atomic mass is 9.96. The summed E-state index contributed by atoms with van der Waals surface area (Å²) in [6, 6.07) is 1.80. The first-order chi connectivity index (χ1) is 8.74. The highest BCUT2D eigenvalue weighted by Crippen LogP contribution is 2.23. The first kappa shape index (κ1) is 15.7. The molecule has 1 rings (SSSR count). The standard InChI is InChI=1S/C13H25N5O/c1-9(19)6-7-18(5)11-8-10(17-14)15-12(16-11)13(2,3)4/h8-9,19H,6-7,14H2,1-5H3,(H,15,16,17). The number of hydrazine groups is 1. The fourth-order valence-electron chi connectivity index (χ4n) is 1.53. The van der Waals surface area contributed by atoms with E-state index in [1.54, 1.807) is 13.0 Å². The second-order valence-corrected chi connectivity index (χ2v) is 5.89. The van der Waals surface area contributed by atoms with Crippen LogP contribution in [0.2, 0.25) is 0 Å². The Morgan fingerprint density at radius 2 is 2.05 bits per heavy atom. The number of aliphatic hydroxyl groups excluding tert-OH is 1. The summed E-state index contributed by atoms with van der Waals surface area (Å²) in [6.45, 7) is 8.68. The van der Waals surface area contributed by atoms with Gasteiger partial charge in [0.05, 0.1) is 6.10 Å². The normalized spacial score (nSPS) is 13.2. The molecular formula is C13H25N5O. The minimum Gasteiger partial charge on any atom is -0.393 e. The molecule has 0 amide bonds. The fraction of sp³-hybridized carbons (Fsp3) is 0.692. The Bertz CT molecular complexity index is 414. The number of rotatable bonds is 5. The number of aromatic nitrogens is 2. The molecule has 6 nitrogen and oxygen atoms in total. The Hall–Kier alpha value is -1.40. The predicted octanol–water partition coefficient (Wildman–Crippen LogP) is 1.27. The highest BCUT2D eigenvalue weighted by atomic mass is 16.3. The molecule has 1 unspecified atom stereocenters. The third-order valence-corrected chi connectivity index (χ3v) is 2.80. The SMILES string of the molecule is CC(O)CCN(C)c1cc(NN)nc(C(C)(C)C)n1. The van der Waals surface area contributed by atoms with Crippen LogP contribution >= 0.6 is 0 Å². The average Bonchev–Trinajstić information content (AvgIpc) is 2.34. The van der Waals surface area contributed by atoms with Crippen molar-refractivity contribution in [2.24, 2.45) is 5.84 Å². The summed E-state index contributed by atoms with van der Waals surface area (Å²) < 4.78 is 0. The molecule has 1 aromatic rings. The highest BCUT2D eigenvalue weighted by Gasteiger charge is 2.20. The quantitative estimate of drug-likeness (QED) is 0.550. The van der Waals surface area contributed by atoms with E-state index < -0.39 is 0 Å². The second kappa shape index (κ2) is 6.16. The zero-order chi connectivity index (χ0) is 14.6. The summed E-state index contributed by atoms with van der Waals surface area (Å²) in [7, 11) is 1.94. The molecule has 108 valence electrons. The third kappa shape index (κ3) is 4.65. The van der Waals surface area contributed by atoms with Crippen LogP contribution in [0, 0.1) is 0 Å². The first-order valence-electron chi connectivity index (χ1n) is 6.49. The minimum absolute atomic E-state index is 0.146. The maximum atomic E-state index is 9.34. The Morgan fingerprint density at radius 1 is 1.42 bits per heavy atom. The van der Waals surface area contributed by atoms with Gasteiger partial charge in [0, 0.05) is 25.1 Å². The molecule has 4 N–H and O–H groups in total. The van der Waals surface area contributed by atoms with Gasteiger partial charge in [-0.2, -0.15) is 0 Å². The molecule has 1 heterocycles. The van der Waals surface area contributed by atoms with Gasteiger partial charge in [0.15, 0.2) is 0 Å². The Kier molecular flexibility index (Phi) is 5.08. The van der Waals surface area contributed by atoms with Crippen molar-refractivity contribution >= 4 is 11.6 Å². The zero-order valence-corrected chi connectivity index (χ0v) is 12.4. The summed E-state index contributed by atoms with van der Waals surface area (Å²) >= 11 is 0. The first-order valence-corrected chi connectivity index (χ1v) is 6.49. The Morgan fingerprint density at radius 3 is 2.53 bits per heavy atom. The molecule has 1 atom stereocenters. The van der Waals surface area contributed by atoms with Crippen LogP contribution in [0.4, 0.5) is 11.6 Å². The van der Waals surface area contributed by atoms with Crippen LogP contribution < -0.4 is 16.2 Å². The second-order valence-electron chi connectivity index (χ2n) is 5.89. The molecule has 0 spiro atoms. The minimum atomic E-state index is -0.321. The highest BCUT2D eigenvalue weighted by molar-refractivity contribution is 5.48. The van der Waals surface area contributed by atoms with Crippen molar-refractivity contribution in [3.05, 3.63) is 11.9 Å². The number of nitrogen functional groups attached to an aromatic ring is 1. The number of anilines is 2. The van der Waals surface area contributed by atoms with Gasteiger partial charge in [-0.25, -0.2) is 15.8 Å². The van der Waals surface area contributed by atoms with E-state index in [9.17, 15) is 5.11 Å². The van der Waals surface area contributed by atoms with Gasteiger partial charge in [-0.1, -0.05) is 20.8 Å². The van der Waals surface area contributed by atoms with Crippen LogP contribution in [-0.2, 0) is 5.41 Å². The van der Waals surface area contributed by atoms with Crippen molar-refractivity contribution in [1.29, 1.82) is 0 Å². The van der Waals surface area contributed by atoms with Crippen molar-refractivity contribution < 1.29 is 5.11 Å². The van der Waals surface area contributed by atoms with E-state index in [1.807, 2.05) is 11.9 Å². The zero-order valence-electron chi connectivity index (χ0n) is 12.4. The third-order valence-electron chi connectivity index (χ3n) is 2.80. The number of nitrogens with two attached hydrogens (primary N) is 1. The van der Waals surface area contributed by atoms with Crippen molar-refractivity contribution in [2.45, 2.75) is 45.6 Å². The van der Waals surface area contributed by atoms with E-state index in [0.29, 0.717) is 12.2 Å². The lowest BCUT2D eigenvalue weighted by Gasteiger charge is -2.23. The van der Waals surface area contributed by atoms with E-state index in [1.165, 1.54) is 0 Å². The van der Waals surface area contributed by atoms with Crippen LogP contribution in [0.3, 0.4) is 0 Å². The van der Waals surface area contributed by atoms with E-state index in [4.69, 9.17) is 5.84 Å². The molecule has 19 heavy (non-hydrogen) atoms. The summed E-state index contributed by atoms with van der Waals surface area (Å²) in [5.41, 5.74) is 2.43. The van der Waals surface area contributed by atoms with E-state index in [0.717, 1.165) is 18.2 Å². The summed E-state index contributed by atoms with van der Waals surface area (Å²) in [5, 5.41) is 9.34. The molecular weight excluding hydrogens is 242 g/mol. The molecule has 0 aliphatic carbocycles. The number of hydrogen-bond donors (Lipinski definition) is 3. The van der Waals surface area contributed by atoms with Gasteiger partial charge in [-0.05, 0) is 13.3 Å². The van der Waals surface area contributed by atoms with E-state index in [-0.39, 0.29) is 11.5 Å². The Labute approximate surface area is 115 Å². The maximum absolute atomic E-state index is 9.34. The predicted molar refractivity (Wildman–Crippen MR) is 78.1 cm³/mol. The molecule has 0 aliphatic rings. The maximum Gasteiger partial charge on any atom is 0.145 e. The van der Waals surface area contributed by atoms with Crippen LogP contribution in [0.25, 0.3) is 0 Å². The number of aliphatic hydroxyl groups is 1. The lowest BCUT2D eigenvalue weighted by Crippen LogP contribution is -2.26. The van der Waals surface area contributed by atoms with Crippen LogP contribution in [0.15, 0.2) is 6.07 Å². The average molecular weight is 267 g/mol. The van der Waals surface area contributed by atoms with Gasteiger partial charge >= 0.3 is 0 Å². The topological polar surface area (TPSA) is 87.3 Å². The van der Waals surface area contributed by atoms with E-state index in [2.05, 4.69) is 36.2 Å². The fourth-order valence-corrected chi connectivity index (χ4v) is 1.53. The molecule has 0 saturated carbocycles. The van der Waals surface area contributed by atoms with Gasteiger partial charge in [0.25, 0.3) is 0 Å². The summed E-state index contributed by atoms with van der Waals surface area (Å²) in [5.74, 6) is 7.59. The van der Waals surface area contributed by atoms with Gasteiger partial charge in [-0.3, -0.25) is 0 Å². The smallest absolute Gasteiger partial charge is 0.145 e. The number of nitrogens with zero attached hydrogens (tertiary/aromatic N) is 3. The lowest BCUT2D eigenvalue weighted by molar-refractivity contribution is 0.187. The molecule has 0 radical (unpaired) electrons.